The van der Waals surface area contributed by atoms with Crippen LogP contribution in [0.15, 0.2) is 36.5 Å². The summed E-state index contributed by atoms with van der Waals surface area (Å²) in [6.07, 6.45) is 3.07. The van der Waals surface area contributed by atoms with E-state index >= 15 is 0 Å². The SMILES string of the molecule is Cc1nc(-c2ccccc2)ncc1C(=O)NC1CCN(O)CC1. The van der Waals surface area contributed by atoms with E-state index in [0.29, 0.717) is 30.2 Å². The average Bonchev–Trinajstić information content (AvgIpc) is 2.57. The quantitative estimate of drug-likeness (QED) is 0.907. The largest absolute Gasteiger partial charge is 0.349 e. The molecule has 1 amide bonds. The molecular formula is C17H20N4O2. The number of carbonyl (C=O) groups excluding carboxylic acids is 1. The summed E-state index contributed by atoms with van der Waals surface area (Å²) in [7, 11) is 0. The molecule has 0 aliphatic carbocycles. The van der Waals surface area contributed by atoms with E-state index in [2.05, 4.69) is 15.3 Å². The van der Waals surface area contributed by atoms with Crippen LogP contribution in [0.3, 0.4) is 0 Å². The van der Waals surface area contributed by atoms with Crippen LogP contribution in [0, 0.1) is 6.92 Å². The second-order valence-corrected chi connectivity index (χ2v) is 5.76. The van der Waals surface area contributed by atoms with E-state index in [1.165, 1.54) is 5.06 Å². The maximum Gasteiger partial charge on any atom is 0.254 e. The fraction of sp³-hybridized carbons (Fsp3) is 0.353. The number of nitrogens with zero attached hydrogens (tertiary/aromatic N) is 3. The third-order valence-electron chi connectivity index (χ3n) is 4.06. The third kappa shape index (κ3) is 3.72. The van der Waals surface area contributed by atoms with Crippen LogP contribution in [-0.2, 0) is 0 Å². The number of hydroxylamine groups is 2. The van der Waals surface area contributed by atoms with Gasteiger partial charge in [0.15, 0.2) is 5.82 Å². The van der Waals surface area contributed by atoms with Crippen molar-refractivity contribution in [1.82, 2.24) is 20.3 Å². The molecule has 0 atom stereocenters. The fourth-order valence-electron chi connectivity index (χ4n) is 2.69. The summed E-state index contributed by atoms with van der Waals surface area (Å²) in [5.74, 6) is 0.465. The summed E-state index contributed by atoms with van der Waals surface area (Å²) in [6, 6.07) is 9.77. The lowest BCUT2D eigenvalue weighted by Gasteiger charge is -2.28. The Morgan fingerprint density at radius 1 is 1.26 bits per heavy atom. The third-order valence-corrected chi connectivity index (χ3v) is 4.06. The molecule has 0 bridgehead atoms. The van der Waals surface area contributed by atoms with Crippen molar-refractivity contribution in [1.29, 1.82) is 0 Å². The normalized spacial score (nSPS) is 16.3. The van der Waals surface area contributed by atoms with Crippen LogP contribution in [0.25, 0.3) is 11.4 Å². The van der Waals surface area contributed by atoms with E-state index < -0.39 is 0 Å². The molecule has 6 heteroatoms. The van der Waals surface area contributed by atoms with Crippen LogP contribution in [0.4, 0.5) is 0 Å². The van der Waals surface area contributed by atoms with E-state index in [-0.39, 0.29) is 11.9 Å². The van der Waals surface area contributed by atoms with E-state index in [4.69, 9.17) is 0 Å². The van der Waals surface area contributed by atoms with E-state index in [9.17, 15) is 10.0 Å². The summed E-state index contributed by atoms with van der Waals surface area (Å²) in [5, 5.41) is 13.6. The molecule has 0 radical (unpaired) electrons. The molecule has 1 aromatic carbocycles. The van der Waals surface area contributed by atoms with Gasteiger partial charge in [0.05, 0.1) is 11.3 Å². The molecular weight excluding hydrogens is 292 g/mol. The second kappa shape index (κ2) is 6.85. The van der Waals surface area contributed by atoms with Gasteiger partial charge >= 0.3 is 0 Å². The van der Waals surface area contributed by atoms with Gasteiger partial charge in [-0.05, 0) is 19.8 Å². The first-order valence-corrected chi connectivity index (χ1v) is 7.77. The highest BCUT2D eigenvalue weighted by atomic mass is 16.5. The highest BCUT2D eigenvalue weighted by Crippen LogP contribution is 2.16. The van der Waals surface area contributed by atoms with Crippen LogP contribution in [0.5, 0.6) is 0 Å². The van der Waals surface area contributed by atoms with Crippen LogP contribution in [-0.4, -0.2) is 45.3 Å². The van der Waals surface area contributed by atoms with Crippen molar-refractivity contribution >= 4 is 5.91 Å². The number of carbonyl (C=O) groups is 1. The lowest BCUT2D eigenvalue weighted by Crippen LogP contribution is -2.43. The van der Waals surface area contributed by atoms with Gasteiger partial charge in [-0.15, -0.1) is 0 Å². The van der Waals surface area contributed by atoms with Crippen molar-refractivity contribution < 1.29 is 10.0 Å². The Bertz CT molecular complexity index is 682. The molecule has 1 aliphatic rings. The summed E-state index contributed by atoms with van der Waals surface area (Å²) in [4.78, 5) is 21.2. The lowest BCUT2D eigenvalue weighted by atomic mass is 10.1. The van der Waals surface area contributed by atoms with Gasteiger partial charge in [-0.1, -0.05) is 30.3 Å². The Morgan fingerprint density at radius 2 is 1.96 bits per heavy atom. The number of nitrogens with one attached hydrogen (secondary N) is 1. The van der Waals surface area contributed by atoms with Gasteiger partial charge in [0, 0.05) is 30.9 Å². The van der Waals surface area contributed by atoms with Gasteiger partial charge in [-0.3, -0.25) is 4.79 Å². The molecule has 0 unspecified atom stereocenters. The molecule has 23 heavy (non-hydrogen) atoms. The first-order valence-electron chi connectivity index (χ1n) is 7.77. The van der Waals surface area contributed by atoms with Crippen molar-refractivity contribution in [2.24, 2.45) is 0 Å². The van der Waals surface area contributed by atoms with Crippen molar-refractivity contribution in [2.45, 2.75) is 25.8 Å². The highest BCUT2D eigenvalue weighted by molar-refractivity contribution is 5.95. The molecule has 2 N–H and O–H groups in total. The summed E-state index contributed by atoms with van der Waals surface area (Å²) < 4.78 is 0. The van der Waals surface area contributed by atoms with Gasteiger partial charge in [-0.25, -0.2) is 9.97 Å². The molecule has 1 saturated heterocycles. The monoisotopic (exact) mass is 312 g/mol. The summed E-state index contributed by atoms with van der Waals surface area (Å²) in [5.41, 5.74) is 2.09. The number of benzene rings is 1. The predicted octanol–water partition coefficient (Wildman–Crippen LogP) is 2.04. The van der Waals surface area contributed by atoms with Crippen molar-refractivity contribution in [3.8, 4) is 11.4 Å². The Hall–Kier alpha value is -2.31. The van der Waals surface area contributed by atoms with Crippen LogP contribution in [0.1, 0.15) is 28.9 Å². The summed E-state index contributed by atoms with van der Waals surface area (Å²) >= 11 is 0. The lowest BCUT2D eigenvalue weighted by molar-refractivity contribution is -0.107. The maximum atomic E-state index is 12.4. The molecule has 120 valence electrons. The van der Waals surface area contributed by atoms with Crippen LogP contribution < -0.4 is 5.32 Å². The molecule has 3 rings (SSSR count). The number of rotatable bonds is 3. The molecule has 1 aromatic heterocycles. The minimum atomic E-state index is -0.154. The van der Waals surface area contributed by atoms with E-state index in [1.54, 1.807) is 6.20 Å². The zero-order valence-corrected chi connectivity index (χ0v) is 13.1. The minimum Gasteiger partial charge on any atom is -0.349 e. The first kappa shape index (κ1) is 15.6. The maximum absolute atomic E-state index is 12.4. The number of aryl methyl sites for hydroxylation is 1. The molecule has 0 spiro atoms. The minimum absolute atomic E-state index is 0.0825. The predicted molar refractivity (Wildman–Crippen MR) is 86.1 cm³/mol. The summed E-state index contributed by atoms with van der Waals surface area (Å²) in [6.45, 7) is 2.97. The average molecular weight is 312 g/mol. The van der Waals surface area contributed by atoms with Crippen molar-refractivity contribution in [2.75, 3.05) is 13.1 Å². The van der Waals surface area contributed by atoms with Gasteiger partial charge < -0.3 is 10.5 Å². The fourth-order valence-corrected chi connectivity index (χ4v) is 2.69. The second-order valence-electron chi connectivity index (χ2n) is 5.76. The number of aromatic nitrogens is 2. The molecule has 1 aliphatic heterocycles. The first-order chi connectivity index (χ1) is 11.1. The van der Waals surface area contributed by atoms with E-state index in [1.807, 2.05) is 37.3 Å². The van der Waals surface area contributed by atoms with Gasteiger partial charge in [0.1, 0.15) is 0 Å². The van der Waals surface area contributed by atoms with Gasteiger partial charge in [0.25, 0.3) is 5.91 Å². The van der Waals surface area contributed by atoms with E-state index in [0.717, 1.165) is 18.4 Å². The van der Waals surface area contributed by atoms with Gasteiger partial charge in [0.2, 0.25) is 0 Å². The number of hydrogen-bond donors (Lipinski definition) is 2. The topological polar surface area (TPSA) is 78.4 Å². The zero-order chi connectivity index (χ0) is 16.2. The van der Waals surface area contributed by atoms with Crippen LogP contribution >= 0.6 is 0 Å². The molecule has 1 fully saturated rings. The molecule has 0 saturated carbocycles. The van der Waals surface area contributed by atoms with Crippen LogP contribution in [0.2, 0.25) is 0 Å². The molecule has 2 heterocycles. The Morgan fingerprint density at radius 3 is 2.61 bits per heavy atom. The number of hydrogen-bond acceptors (Lipinski definition) is 5. The van der Waals surface area contributed by atoms with Crippen molar-refractivity contribution in [3.05, 3.63) is 47.8 Å². The van der Waals surface area contributed by atoms with Gasteiger partial charge in [-0.2, -0.15) is 5.06 Å². The number of piperidine rings is 1. The highest BCUT2D eigenvalue weighted by Gasteiger charge is 2.21. The standard InChI is InChI=1S/C17H20N4O2/c1-12-15(17(22)20-14-7-9-21(23)10-8-14)11-18-16(19-12)13-5-3-2-4-6-13/h2-6,11,14,23H,7-10H2,1H3,(H,20,22). The van der Waals surface area contributed by atoms with Crippen molar-refractivity contribution in [3.63, 3.8) is 0 Å². The smallest absolute Gasteiger partial charge is 0.254 e. The Labute approximate surface area is 135 Å². The number of amides is 1. The Kier molecular flexibility index (Phi) is 4.64. The molecule has 6 nitrogen and oxygen atoms in total. The zero-order valence-electron chi connectivity index (χ0n) is 13.1. The molecule has 2 aromatic rings. The Balaban J connectivity index is 1.72.